The molecule has 0 saturated heterocycles. The second kappa shape index (κ2) is 11.9. The highest BCUT2D eigenvalue weighted by atomic mass is 35.5. The minimum absolute atomic E-state index is 0.0536. The number of primary amides is 1. The van der Waals surface area contributed by atoms with Crippen LogP contribution in [0, 0.1) is 0 Å². The predicted molar refractivity (Wildman–Crippen MR) is 122 cm³/mol. The van der Waals surface area contributed by atoms with E-state index in [0.29, 0.717) is 47.3 Å². The second-order valence-corrected chi connectivity index (χ2v) is 8.67. The first-order chi connectivity index (χ1) is 16.3. The zero-order valence-electron chi connectivity index (χ0n) is 17.8. The summed E-state index contributed by atoms with van der Waals surface area (Å²) in [6.07, 6.45) is -4.46. The number of hydrogen-bond donors (Lipinski definition) is 5. The summed E-state index contributed by atoms with van der Waals surface area (Å²) in [7, 11) is 0. The number of nitrogens with one attached hydrogen (secondary N) is 2. The predicted octanol–water partition coefficient (Wildman–Crippen LogP) is 3.61. The average Bonchev–Trinajstić information content (AvgIpc) is 3.10. The van der Waals surface area contributed by atoms with E-state index in [1.165, 1.54) is 11.3 Å². The first-order valence-electron chi connectivity index (χ1n) is 9.80. The summed E-state index contributed by atoms with van der Waals surface area (Å²) in [5.41, 5.74) is 7.26. The van der Waals surface area contributed by atoms with Crippen molar-refractivity contribution >= 4 is 57.5 Å². The van der Waals surface area contributed by atoms with Gasteiger partial charge >= 0.3 is 24.1 Å². The Hall–Kier alpha value is -3.36. The number of hydrogen-bond acceptors (Lipinski definition) is 6. The first kappa shape index (κ1) is 27.9. The van der Waals surface area contributed by atoms with E-state index >= 15 is 0 Å². The molecule has 0 bridgehead atoms. The van der Waals surface area contributed by atoms with Gasteiger partial charge in [0.2, 0.25) is 0 Å². The molecular weight excluding hydrogens is 517 g/mol. The summed E-state index contributed by atoms with van der Waals surface area (Å²) in [6.45, 7) is 1.58. The molecule has 1 aromatic carbocycles. The van der Waals surface area contributed by atoms with Crippen LogP contribution in [0.25, 0.3) is 0 Å². The summed E-state index contributed by atoms with van der Waals surface area (Å²) in [5.74, 6) is -4.21. The number of anilines is 2. The summed E-state index contributed by atoms with van der Waals surface area (Å²) in [4.78, 5) is 46.9. The minimum atomic E-state index is -5.08. The van der Waals surface area contributed by atoms with Gasteiger partial charge in [-0.25, -0.2) is 9.59 Å². The number of fused-ring (bicyclic) bond motifs is 1. The number of nitrogens with zero attached hydrogens (tertiary/aromatic N) is 1. The highest BCUT2D eigenvalue weighted by molar-refractivity contribution is 7.17. The number of nitrogens with two attached hydrogens (primary N) is 1. The van der Waals surface area contributed by atoms with Gasteiger partial charge in [0.1, 0.15) is 5.00 Å². The summed E-state index contributed by atoms with van der Waals surface area (Å²) in [5, 5.41) is 22.3. The van der Waals surface area contributed by atoms with Crippen LogP contribution in [-0.2, 0) is 22.6 Å². The Balaban J connectivity index is 0.000000540. The SMILES string of the molecule is NC(=O)c1c(NC(=O)Nc2ccc(Cl)cc2)sc2c1CCN(CCC(=O)O)C2.O=C(O)C(F)(F)F. The summed E-state index contributed by atoms with van der Waals surface area (Å²) < 4.78 is 31.7. The lowest BCUT2D eigenvalue weighted by Crippen LogP contribution is -2.32. The number of carbonyl (C=O) groups excluding carboxylic acids is 2. The topological polar surface area (TPSA) is 162 Å². The van der Waals surface area contributed by atoms with Crippen LogP contribution < -0.4 is 16.4 Å². The van der Waals surface area contributed by atoms with E-state index in [0.717, 1.165) is 10.4 Å². The van der Waals surface area contributed by atoms with Gasteiger partial charge in [-0.3, -0.25) is 19.8 Å². The number of amides is 3. The Morgan fingerprint density at radius 3 is 2.23 bits per heavy atom. The second-order valence-electron chi connectivity index (χ2n) is 7.13. The lowest BCUT2D eigenvalue weighted by molar-refractivity contribution is -0.192. The smallest absolute Gasteiger partial charge is 0.481 e. The van der Waals surface area contributed by atoms with E-state index in [-0.39, 0.29) is 6.42 Å². The van der Waals surface area contributed by atoms with Crippen LogP contribution in [0.5, 0.6) is 0 Å². The standard InChI is InChI=1S/C18H19ClN4O4S.C2HF3O2/c19-10-1-3-11(4-2-10)21-18(27)22-17-15(16(20)26)12-5-7-23(8-6-14(24)25)9-13(12)28-17;3-2(4,5)1(6)7/h1-4H,5-9H2,(H2,20,26)(H,24,25)(H2,21,22,27);(H,6,7). The molecule has 35 heavy (non-hydrogen) atoms. The lowest BCUT2D eigenvalue weighted by Gasteiger charge is -2.26. The van der Waals surface area contributed by atoms with Gasteiger partial charge in [-0.05, 0) is 36.2 Å². The largest absolute Gasteiger partial charge is 0.490 e. The molecule has 3 amide bonds. The molecular formula is C20H20ClF3N4O6S. The third-order valence-corrected chi connectivity index (χ3v) is 5.98. The van der Waals surface area contributed by atoms with Crippen LogP contribution in [0.3, 0.4) is 0 Å². The average molecular weight is 537 g/mol. The third kappa shape index (κ3) is 8.42. The molecule has 2 aromatic rings. The van der Waals surface area contributed by atoms with Gasteiger partial charge in [-0.2, -0.15) is 13.2 Å². The molecule has 190 valence electrons. The Morgan fingerprint density at radius 2 is 1.71 bits per heavy atom. The highest BCUT2D eigenvalue weighted by Gasteiger charge is 2.38. The van der Waals surface area contributed by atoms with Crippen molar-refractivity contribution in [3.63, 3.8) is 0 Å². The van der Waals surface area contributed by atoms with E-state index < -0.39 is 30.1 Å². The van der Waals surface area contributed by atoms with E-state index in [2.05, 4.69) is 10.6 Å². The quantitative estimate of drug-likeness (QED) is 0.376. The lowest BCUT2D eigenvalue weighted by atomic mass is 10.0. The van der Waals surface area contributed by atoms with Crippen LogP contribution in [0.15, 0.2) is 24.3 Å². The maximum Gasteiger partial charge on any atom is 0.490 e. The molecule has 2 heterocycles. The zero-order chi connectivity index (χ0) is 26.3. The van der Waals surface area contributed by atoms with E-state index in [1.807, 2.05) is 4.90 Å². The van der Waals surface area contributed by atoms with Crippen LogP contribution in [-0.4, -0.2) is 58.3 Å². The van der Waals surface area contributed by atoms with Crippen molar-refractivity contribution in [2.75, 3.05) is 23.7 Å². The molecule has 3 rings (SSSR count). The van der Waals surface area contributed by atoms with Gasteiger partial charge in [0.25, 0.3) is 5.91 Å². The molecule has 1 aromatic heterocycles. The molecule has 0 spiro atoms. The monoisotopic (exact) mass is 536 g/mol. The number of rotatable bonds is 6. The van der Waals surface area contributed by atoms with E-state index in [9.17, 15) is 27.6 Å². The van der Waals surface area contributed by atoms with Gasteiger partial charge in [0.05, 0.1) is 12.0 Å². The fourth-order valence-electron chi connectivity index (χ4n) is 3.05. The number of alkyl halides is 3. The van der Waals surface area contributed by atoms with Crippen LogP contribution in [0.4, 0.5) is 28.7 Å². The van der Waals surface area contributed by atoms with E-state index in [1.54, 1.807) is 24.3 Å². The number of halogens is 4. The number of benzene rings is 1. The fourth-order valence-corrected chi connectivity index (χ4v) is 4.46. The van der Waals surface area contributed by atoms with Gasteiger partial charge in [0.15, 0.2) is 0 Å². The summed E-state index contributed by atoms with van der Waals surface area (Å²) >= 11 is 7.12. The Labute approximate surface area is 205 Å². The van der Waals surface area contributed by atoms with Gasteiger partial charge < -0.3 is 21.3 Å². The van der Waals surface area contributed by atoms with Crippen LogP contribution in [0.2, 0.25) is 5.02 Å². The van der Waals surface area contributed by atoms with Gasteiger partial charge in [-0.1, -0.05) is 11.6 Å². The maximum absolute atomic E-state index is 12.3. The molecule has 0 radical (unpaired) electrons. The molecule has 0 aliphatic carbocycles. The molecule has 6 N–H and O–H groups in total. The first-order valence-corrected chi connectivity index (χ1v) is 11.0. The molecule has 0 atom stereocenters. The summed E-state index contributed by atoms with van der Waals surface area (Å²) in [6, 6.07) is 6.14. The molecule has 0 saturated carbocycles. The van der Waals surface area contributed by atoms with Crippen molar-refractivity contribution in [3.05, 3.63) is 45.3 Å². The van der Waals surface area contributed by atoms with Crippen LogP contribution >= 0.6 is 22.9 Å². The Bertz CT molecular complexity index is 1110. The van der Waals surface area contributed by atoms with Gasteiger partial charge in [0, 0.05) is 35.2 Å². The Kier molecular flexibility index (Phi) is 9.45. The normalized spacial score (nSPS) is 13.1. The fraction of sp³-hybridized carbons (Fsp3) is 0.300. The number of carbonyl (C=O) groups is 4. The maximum atomic E-state index is 12.3. The number of carboxylic acids is 2. The molecule has 10 nitrogen and oxygen atoms in total. The number of thiophene rings is 1. The van der Waals surface area contributed by atoms with Crippen molar-refractivity contribution in [2.45, 2.75) is 25.6 Å². The number of urea groups is 1. The van der Waals surface area contributed by atoms with Crippen LogP contribution in [0.1, 0.15) is 27.2 Å². The minimum Gasteiger partial charge on any atom is -0.481 e. The molecule has 15 heteroatoms. The van der Waals surface area contributed by atoms with E-state index in [4.69, 9.17) is 32.3 Å². The van der Waals surface area contributed by atoms with Crippen molar-refractivity contribution in [3.8, 4) is 0 Å². The highest BCUT2D eigenvalue weighted by Crippen LogP contribution is 2.37. The zero-order valence-corrected chi connectivity index (χ0v) is 19.4. The number of aliphatic carboxylic acids is 2. The Morgan fingerprint density at radius 1 is 1.11 bits per heavy atom. The molecule has 1 aliphatic rings. The van der Waals surface area contributed by atoms with Crippen molar-refractivity contribution < 1.29 is 42.6 Å². The third-order valence-electron chi connectivity index (χ3n) is 4.60. The van der Waals surface area contributed by atoms with Crippen molar-refractivity contribution in [2.24, 2.45) is 5.73 Å². The van der Waals surface area contributed by atoms with Gasteiger partial charge in [-0.15, -0.1) is 11.3 Å². The molecule has 0 unspecified atom stereocenters. The van der Waals surface area contributed by atoms with Crippen molar-refractivity contribution in [1.82, 2.24) is 4.90 Å². The van der Waals surface area contributed by atoms with Crippen molar-refractivity contribution in [1.29, 1.82) is 0 Å². The molecule has 1 aliphatic heterocycles. The molecule has 0 fully saturated rings. The number of carboxylic acid groups (broad SMARTS) is 2.